The summed E-state index contributed by atoms with van der Waals surface area (Å²) in [6, 6.07) is 17.7. The molecule has 9 heteroatoms. The summed E-state index contributed by atoms with van der Waals surface area (Å²) in [5.41, 5.74) is 2.04. The molecule has 3 aromatic carbocycles. The first-order chi connectivity index (χ1) is 16.4. The average molecular weight is 535 g/mol. The number of para-hydroxylation sites is 1. The van der Waals surface area contributed by atoms with Crippen LogP contribution in [0.15, 0.2) is 65.6 Å². The molecule has 2 amide bonds. The highest BCUT2D eigenvalue weighted by Crippen LogP contribution is 2.39. The highest BCUT2D eigenvalue weighted by atomic mass is 35.5. The lowest BCUT2D eigenvalue weighted by Crippen LogP contribution is -2.27. The maximum absolute atomic E-state index is 13.1. The van der Waals surface area contributed by atoms with Crippen LogP contribution in [0.25, 0.3) is 6.08 Å². The third-order valence-electron chi connectivity index (χ3n) is 5.06. The van der Waals surface area contributed by atoms with E-state index in [9.17, 15) is 9.59 Å². The van der Waals surface area contributed by atoms with E-state index in [4.69, 9.17) is 44.3 Å². The van der Waals surface area contributed by atoms with E-state index < -0.39 is 11.1 Å². The molecular weight excluding hydrogens is 517 g/mol. The summed E-state index contributed by atoms with van der Waals surface area (Å²) >= 11 is 19.3. The first-order valence-corrected chi connectivity index (χ1v) is 12.0. The molecule has 5 nitrogen and oxygen atoms in total. The van der Waals surface area contributed by atoms with E-state index in [1.54, 1.807) is 54.6 Å². The Labute approximate surface area is 216 Å². The number of halogens is 3. The van der Waals surface area contributed by atoms with E-state index in [2.05, 4.69) is 0 Å². The Balaban J connectivity index is 1.60. The fourth-order valence-electron chi connectivity index (χ4n) is 3.32. The summed E-state index contributed by atoms with van der Waals surface area (Å²) in [6.07, 6.45) is 1.62. The summed E-state index contributed by atoms with van der Waals surface area (Å²) in [5.74, 6) is 0.531. The van der Waals surface area contributed by atoms with Crippen molar-refractivity contribution in [1.29, 1.82) is 0 Å². The van der Waals surface area contributed by atoms with Gasteiger partial charge in [0.05, 0.1) is 18.6 Å². The second-order valence-electron chi connectivity index (χ2n) is 7.26. The number of nitrogens with zero attached hydrogens (tertiary/aromatic N) is 1. The van der Waals surface area contributed by atoms with E-state index in [-0.39, 0.29) is 18.1 Å². The molecule has 0 radical (unpaired) electrons. The Hall–Kier alpha value is -2.64. The van der Waals surface area contributed by atoms with Crippen LogP contribution in [0.2, 0.25) is 15.1 Å². The van der Waals surface area contributed by atoms with Crippen molar-refractivity contribution in [3.05, 3.63) is 97.3 Å². The van der Waals surface area contributed by atoms with Crippen LogP contribution in [0.3, 0.4) is 0 Å². The van der Waals surface area contributed by atoms with Crippen molar-refractivity contribution in [1.82, 2.24) is 4.90 Å². The summed E-state index contributed by atoms with van der Waals surface area (Å²) in [6.45, 7) is 0.253. The first-order valence-electron chi connectivity index (χ1n) is 10.1. The SMILES string of the molecule is COc1cccc(/C=C2/SC(=O)N(Cc3c(Cl)cccc3Cl)C2=O)c1OCc1ccc(Cl)cc1. The normalized spacial score (nSPS) is 14.7. The van der Waals surface area contributed by atoms with Crippen molar-refractivity contribution >= 4 is 63.8 Å². The fraction of sp³-hybridized carbons (Fsp3) is 0.120. The van der Waals surface area contributed by atoms with Gasteiger partial charge >= 0.3 is 0 Å². The molecule has 0 aliphatic carbocycles. The molecule has 1 saturated heterocycles. The van der Waals surface area contributed by atoms with Crippen LogP contribution < -0.4 is 9.47 Å². The standard InChI is InChI=1S/C25H18Cl3NO4S/c1-32-21-7-2-4-16(23(21)33-14-15-8-10-17(26)11-9-15)12-22-24(30)29(25(31)34-22)13-18-19(27)5-3-6-20(18)28/h2-12H,13-14H2,1H3/b22-12+. The molecule has 34 heavy (non-hydrogen) atoms. The molecule has 4 rings (SSSR count). The molecule has 0 saturated carbocycles. The van der Waals surface area contributed by atoms with Crippen LogP contribution in [-0.2, 0) is 17.9 Å². The van der Waals surface area contributed by atoms with Gasteiger partial charge < -0.3 is 9.47 Å². The van der Waals surface area contributed by atoms with Gasteiger partial charge in [-0.05, 0) is 53.7 Å². The number of hydrogen-bond acceptors (Lipinski definition) is 5. The van der Waals surface area contributed by atoms with E-state index in [0.717, 1.165) is 22.2 Å². The zero-order chi connectivity index (χ0) is 24.2. The van der Waals surface area contributed by atoms with Crippen LogP contribution in [-0.4, -0.2) is 23.2 Å². The predicted octanol–water partition coefficient (Wildman–Crippen LogP) is 7.47. The quantitative estimate of drug-likeness (QED) is 0.294. The number of ether oxygens (including phenoxy) is 2. The van der Waals surface area contributed by atoms with Crippen LogP contribution in [0, 0.1) is 0 Å². The summed E-state index contributed by atoms with van der Waals surface area (Å²) in [7, 11) is 1.54. The summed E-state index contributed by atoms with van der Waals surface area (Å²) < 4.78 is 11.5. The molecule has 3 aromatic rings. The zero-order valence-corrected chi connectivity index (χ0v) is 21.0. The second-order valence-corrected chi connectivity index (χ2v) is 9.51. The number of amides is 2. The Morgan fingerprint density at radius 3 is 2.29 bits per heavy atom. The van der Waals surface area contributed by atoms with Gasteiger partial charge in [-0.2, -0.15) is 0 Å². The Morgan fingerprint density at radius 2 is 1.62 bits per heavy atom. The number of hydrogen-bond donors (Lipinski definition) is 0. The van der Waals surface area contributed by atoms with Gasteiger partial charge in [0.25, 0.3) is 11.1 Å². The minimum Gasteiger partial charge on any atom is -0.493 e. The molecule has 1 fully saturated rings. The molecule has 0 bridgehead atoms. The van der Waals surface area contributed by atoms with Gasteiger partial charge in [0.1, 0.15) is 6.61 Å². The van der Waals surface area contributed by atoms with Gasteiger partial charge in [0, 0.05) is 26.2 Å². The van der Waals surface area contributed by atoms with E-state index >= 15 is 0 Å². The predicted molar refractivity (Wildman–Crippen MR) is 137 cm³/mol. The lowest BCUT2D eigenvalue weighted by atomic mass is 10.1. The largest absolute Gasteiger partial charge is 0.493 e. The molecule has 0 unspecified atom stereocenters. The van der Waals surface area contributed by atoms with Crippen molar-refractivity contribution < 1.29 is 19.1 Å². The molecule has 0 atom stereocenters. The van der Waals surface area contributed by atoms with E-state index in [1.807, 2.05) is 12.1 Å². The highest BCUT2D eigenvalue weighted by Gasteiger charge is 2.36. The number of methoxy groups -OCH3 is 1. The molecule has 1 aliphatic rings. The second kappa shape index (κ2) is 10.7. The molecule has 0 aromatic heterocycles. The molecular formula is C25H18Cl3NO4S. The Kier molecular flexibility index (Phi) is 7.73. The number of carbonyl (C=O) groups excluding carboxylic acids is 2. The summed E-state index contributed by atoms with van der Waals surface area (Å²) in [5, 5.41) is 1.01. The number of thioether (sulfide) groups is 1. The fourth-order valence-corrected chi connectivity index (χ4v) is 4.79. The van der Waals surface area contributed by atoms with Crippen LogP contribution in [0.4, 0.5) is 4.79 Å². The number of benzene rings is 3. The first kappa shape index (κ1) is 24.5. The highest BCUT2D eigenvalue weighted by molar-refractivity contribution is 8.18. The van der Waals surface area contributed by atoms with Gasteiger partial charge in [-0.3, -0.25) is 14.5 Å². The van der Waals surface area contributed by atoms with Gasteiger partial charge in [-0.15, -0.1) is 0 Å². The Morgan fingerprint density at radius 1 is 0.941 bits per heavy atom. The molecule has 0 spiro atoms. The van der Waals surface area contributed by atoms with E-state index in [0.29, 0.717) is 37.7 Å². The number of carbonyl (C=O) groups is 2. The molecule has 1 aliphatic heterocycles. The maximum atomic E-state index is 13.1. The summed E-state index contributed by atoms with van der Waals surface area (Å²) in [4.78, 5) is 27.1. The Bertz CT molecular complexity index is 1260. The topological polar surface area (TPSA) is 55.8 Å². The van der Waals surface area contributed by atoms with Gasteiger partial charge in [-0.1, -0.05) is 65.1 Å². The van der Waals surface area contributed by atoms with Crippen molar-refractivity contribution in [3.8, 4) is 11.5 Å². The number of rotatable bonds is 7. The minimum absolute atomic E-state index is 0.0153. The van der Waals surface area contributed by atoms with Crippen molar-refractivity contribution in [2.75, 3.05) is 7.11 Å². The van der Waals surface area contributed by atoms with Crippen LogP contribution >= 0.6 is 46.6 Å². The molecule has 1 heterocycles. The lowest BCUT2D eigenvalue weighted by Gasteiger charge is -2.15. The monoisotopic (exact) mass is 533 g/mol. The van der Waals surface area contributed by atoms with Crippen molar-refractivity contribution in [2.45, 2.75) is 13.2 Å². The van der Waals surface area contributed by atoms with Gasteiger partial charge in [0.2, 0.25) is 0 Å². The van der Waals surface area contributed by atoms with Gasteiger partial charge in [0.15, 0.2) is 11.5 Å². The van der Waals surface area contributed by atoms with Crippen LogP contribution in [0.5, 0.6) is 11.5 Å². The molecule has 0 N–H and O–H groups in total. The third kappa shape index (κ3) is 5.36. The minimum atomic E-state index is -0.433. The lowest BCUT2D eigenvalue weighted by molar-refractivity contribution is -0.123. The van der Waals surface area contributed by atoms with Crippen molar-refractivity contribution in [2.24, 2.45) is 0 Å². The van der Waals surface area contributed by atoms with Gasteiger partial charge in [-0.25, -0.2) is 0 Å². The van der Waals surface area contributed by atoms with Crippen LogP contribution in [0.1, 0.15) is 16.7 Å². The van der Waals surface area contributed by atoms with E-state index in [1.165, 1.54) is 7.11 Å². The smallest absolute Gasteiger partial charge is 0.293 e. The zero-order valence-electron chi connectivity index (χ0n) is 17.9. The molecule has 174 valence electrons. The van der Waals surface area contributed by atoms with Crippen molar-refractivity contribution in [3.63, 3.8) is 0 Å². The number of imide groups is 1. The maximum Gasteiger partial charge on any atom is 0.293 e. The third-order valence-corrected chi connectivity index (χ3v) is 6.93. The average Bonchev–Trinajstić information content (AvgIpc) is 3.08.